The van der Waals surface area contributed by atoms with E-state index in [9.17, 15) is 41.9 Å². The first-order valence-electron chi connectivity index (χ1n) is 24.4. The molecular weight excluding hydrogens is 1040 g/mol. The number of amides is 6. The highest BCUT2D eigenvalue weighted by molar-refractivity contribution is 7.98. The molecular formula is C59H59F3N6O10S. The van der Waals surface area contributed by atoms with E-state index in [-0.39, 0.29) is 23.4 Å². The van der Waals surface area contributed by atoms with E-state index in [1.54, 1.807) is 123 Å². The van der Waals surface area contributed by atoms with Gasteiger partial charge in [0.25, 0.3) is 17.7 Å². The lowest BCUT2D eigenvalue weighted by molar-refractivity contribution is -0.167. The van der Waals surface area contributed by atoms with Gasteiger partial charge in [-0.1, -0.05) is 67.9 Å². The average Bonchev–Trinajstić information content (AvgIpc) is 3.42. The summed E-state index contributed by atoms with van der Waals surface area (Å²) in [5.41, 5.74) is 4.55. The van der Waals surface area contributed by atoms with Gasteiger partial charge in [0.1, 0.15) is 23.7 Å². The van der Waals surface area contributed by atoms with Crippen molar-refractivity contribution in [3.8, 4) is 11.5 Å². The molecule has 7 N–H and O–H groups in total. The molecule has 0 spiro atoms. The number of nitrogens with one attached hydrogen (secondary N) is 6. The summed E-state index contributed by atoms with van der Waals surface area (Å²) in [6.07, 6.45) is -2.75. The summed E-state index contributed by atoms with van der Waals surface area (Å²) in [6.45, 7) is 8.54. The Balaban J connectivity index is 0.000000221. The number of halogens is 3. The van der Waals surface area contributed by atoms with Gasteiger partial charge in [0.15, 0.2) is 0 Å². The summed E-state index contributed by atoms with van der Waals surface area (Å²) in [6, 6.07) is 49.5. The van der Waals surface area contributed by atoms with E-state index >= 15 is 0 Å². The largest absolute Gasteiger partial charge is 0.494 e. The second-order valence-corrected chi connectivity index (χ2v) is 18.7. The third-order valence-electron chi connectivity index (χ3n) is 10.4. The van der Waals surface area contributed by atoms with E-state index in [0.717, 1.165) is 23.3 Å². The van der Waals surface area contributed by atoms with Crippen LogP contribution in [0.15, 0.2) is 181 Å². The quantitative estimate of drug-likeness (QED) is 0.0336. The molecule has 0 atom stereocenters. The molecule has 7 rings (SSSR count). The van der Waals surface area contributed by atoms with E-state index < -0.39 is 29.9 Å². The number of carbonyl (C=O) groups excluding carboxylic acids is 5. The summed E-state index contributed by atoms with van der Waals surface area (Å²) in [5.74, 6) is -1.60. The Morgan fingerprint density at radius 1 is 0.519 bits per heavy atom. The lowest BCUT2D eigenvalue weighted by Gasteiger charge is -2.19. The Hall–Kier alpha value is -9.30. The maximum atomic E-state index is 12.6. The minimum absolute atomic E-state index is 0.0140. The third-order valence-corrected chi connectivity index (χ3v) is 11.2. The van der Waals surface area contributed by atoms with E-state index in [4.69, 9.17) is 19.3 Å². The van der Waals surface area contributed by atoms with Crippen LogP contribution in [0.5, 0.6) is 11.5 Å². The summed E-state index contributed by atoms with van der Waals surface area (Å²) < 4.78 is 53.1. The Bertz CT molecular complexity index is 3140. The van der Waals surface area contributed by atoms with Crippen LogP contribution in [0.1, 0.15) is 77.2 Å². The number of hydrogen-bond acceptors (Lipinski definition) is 10. The number of carboxylic acid groups (broad SMARTS) is 1. The van der Waals surface area contributed by atoms with Crippen LogP contribution >= 0.6 is 11.8 Å². The zero-order valence-corrected chi connectivity index (χ0v) is 44.6. The smallest absolute Gasteiger partial charge is 0.471 e. The molecule has 20 heteroatoms. The predicted octanol–water partition coefficient (Wildman–Crippen LogP) is 14.2. The zero-order chi connectivity index (χ0) is 57.4. The van der Waals surface area contributed by atoms with Gasteiger partial charge in [-0.15, -0.1) is 11.8 Å². The van der Waals surface area contributed by atoms with E-state index in [1.807, 2.05) is 60.9 Å². The average molecular weight is 1100 g/mol. The number of hydrogen-bond donors (Lipinski definition) is 7. The highest BCUT2D eigenvalue weighted by atomic mass is 32.2. The van der Waals surface area contributed by atoms with Crippen molar-refractivity contribution >= 4 is 81.7 Å². The van der Waals surface area contributed by atoms with Crippen molar-refractivity contribution in [1.82, 2.24) is 0 Å². The Morgan fingerprint density at radius 2 is 0.962 bits per heavy atom. The molecule has 0 heterocycles. The Kier molecular flexibility index (Phi) is 22.9. The van der Waals surface area contributed by atoms with Gasteiger partial charge >= 0.3 is 24.3 Å². The highest BCUT2D eigenvalue weighted by Gasteiger charge is 2.38. The number of anilines is 6. The topological polar surface area (TPSA) is 223 Å². The molecule has 0 bridgehead atoms. The van der Waals surface area contributed by atoms with Crippen molar-refractivity contribution in [2.24, 2.45) is 0 Å². The van der Waals surface area contributed by atoms with E-state index in [0.29, 0.717) is 69.8 Å². The van der Waals surface area contributed by atoms with Gasteiger partial charge in [0.05, 0.1) is 12.2 Å². The van der Waals surface area contributed by atoms with Crippen LogP contribution in [-0.4, -0.2) is 65.6 Å². The predicted molar refractivity (Wildman–Crippen MR) is 302 cm³/mol. The van der Waals surface area contributed by atoms with Gasteiger partial charge in [0.2, 0.25) is 0 Å². The fourth-order valence-corrected chi connectivity index (χ4v) is 7.22. The monoisotopic (exact) mass is 1100 g/mol. The molecule has 0 aliphatic carbocycles. The second kappa shape index (κ2) is 29.9. The van der Waals surface area contributed by atoms with Crippen LogP contribution < -0.4 is 41.4 Å². The van der Waals surface area contributed by atoms with E-state index in [2.05, 4.69) is 33.5 Å². The van der Waals surface area contributed by atoms with Gasteiger partial charge < -0.3 is 40.6 Å². The molecule has 0 unspecified atom stereocenters. The van der Waals surface area contributed by atoms with Crippen LogP contribution in [0, 0.1) is 0 Å². The number of unbranched alkanes of at least 4 members (excludes halogenated alkanes) is 1. The van der Waals surface area contributed by atoms with Crippen LogP contribution in [0.4, 0.5) is 56.9 Å². The zero-order valence-electron chi connectivity index (χ0n) is 43.7. The minimum atomic E-state index is -4.95. The molecule has 0 aliphatic heterocycles. The van der Waals surface area contributed by atoms with E-state index in [1.165, 1.54) is 36.0 Å². The summed E-state index contributed by atoms with van der Waals surface area (Å²) in [4.78, 5) is 71.2. The summed E-state index contributed by atoms with van der Waals surface area (Å²) in [7, 11) is 0. The van der Waals surface area contributed by atoms with Crippen molar-refractivity contribution in [3.63, 3.8) is 0 Å². The lowest BCUT2D eigenvalue weighted by atomic mass is 10.2. The minimum Gasteiger partial charge on any atom is -0.494 e. The van der Waals surface area contributed by atoms with Gasteiger partial charge in [-0.05, 0) is 160 Å². The number of carbonyl (C=O) groups is 6. The second-order valence-electron chi connectivity index (χ2n) is 17.8. The number of benzene rings is 7. The third kappa shape index (κ3) is 21.7. The molecule has 16 nitrogen and oxygen atoms in total. The van der Waals surface area contributed by atoms with Gasteiger partial charge in [-0.3, -0.25) is 29.8 Å². The first kappa shape index (κ1) is 60.6. The molecule has 6 amide bonds. The molecule has 0 fully saturated rings. The first-order chi connectivity index (χ1) is 37.7. The summed E-state index contributed by atoms with van der Waals surface area (Å²) in [5, 5.41) is 23.5. The van der Waals surface area contributed by atoms with Crippen LogP contribution in [0.25, 0.3) is 0 Å². The maximum absolute atomic E-state index is 12.6. The molecule has 7 aromatic carbocycles. The Labute approximate surface area is 459 Å². The van der Waals surface area contributed by atoms with Crippen molar-refractivity contribution in [2.45, 2.75) is 63.8 Å². The number of rotatable bonds is 17. The fourth-order valence-electron chi connectivity index (χ4n) is 6.62. The molecule has 0 saturated heterocycles. The molecule has 79 heavy (non-hydrogen) atoms. The molecule has 0 saturated carbocycles. The van der Waals surface area contributed by atoms with Crippen molar-refractivity contribution in [1.29, 1.82) is 0 Å². The SMILES string of the molecule is CC(C)(C)OC(=O)Nc1ccc(NC(=O)c2cccc(OCc3ccccc3)c2)cc1.CCCCOc1cccc(C(=O)Nc2ccc(NC(=O)O)cc2)c1.CSc1ccccc1C(=O)Nc1ccc(NC(=O)C(F)(F)F)cc1. The normalized spacial score (nSPS) is 10.6. The first-order valence-corrected chi connectivity index (χ1v) is 25.7. The van der Waals surface area contributed by atoms with Crippen LogP contribution in [0.2, 0.25) is 0 Å². The maximum Gasteiger partial charge on any atom is 0.471 e. The van der Waals surface area contributed by atoms with Crippen LogP contribution in [0.3, 0.4) is 0 Å². The standard InChI is InChI=1S/C25H26N2O4.C18H20N2O4.C16H13F3N2O2S/c1-25(2,3)31-24(29)27-21-14-12-20(13-15-21)26-23(28)19-10-7-11-22(16-19)30-17-18-8-5-4-6-9-18;1-2-3-11-24-16-6-4-5-13(12-16)17(21)19-14-7-9-15(10-8-14)20-18(22)23;1-24-13-5-3-2-4-12(13)14(22)20-10-6-8-11(9-7-10)21-15(23)16(17,18)19/h4-16H,17H2,1-3H3,(H,26,28)(H,27,29);4-10,12,20H,2-3,11H2,1H3,(H,19,21)(H,22,23);2-9H,1H3,(H,20,22)(H,21,23). The van der Waals surface area contributed by atoms with Gasteiger partial charge in [-0.25, -0.2) is 9.59 Å². The van der Waals surface area contributed by atoms with Crippen LogP contribution in [-0.2, 0) is 16.1 Å². The van der Waals surface area contributed by atoms with Crippen molar-refractivity contribution < 1.29 is 61.3 Å². The van der Waals surface area contributed by atoms with Crippen molar-refractivity contribution in [2.75, 3.05) is 44.8 Å². The number of thioether (sulfide) groups is 1. The van der Waals surface area contributed by atoms with Gasteiger partial charge in [0, 0.05) is 50.1 Å². The Morgan fingerprint density at radius 3 is 1.43 bits per heavy atom. The lowest BCUT2D eigenvalue weighted by Crippen LogP contribution is -2.29. The molecule has 7 aromatic rings. The van der Waals surface area contributed by atoms with Crippen molar-refractivity contribution in [3.05, 3.63) is 198 Å². The molecule has 0 radical (unpaired) electrons. The number of ether oxygens (including phenoxy) is 3. The molecule has 0 aliphatic rings. The summed E-state index contributed by atoms with van der Waals surface area (Å²) >= 11 is 1.43. The highest BCUT2D eigenvalue weighted by Crippen LogP contribution is 2.25. The van der Waals surface area contributed by atoms with Gasteiger partial charge in [-0.2, -0.15) is 13.2 Å². The molecule has 0 aromatic heterocycles. The number of alkyl halides is 3. The molecule has 412 valence electrons. The fraction of sp³-hybridized carbons (Fsp3) is 0.186.